The van der Waals surface area contributed by atoms with Crippen LogP contribution in [0.5, 0.6) is 11.5 Å². The van der Waals surface area contributed by atoms with Crippen LogP contribution in [0.2, 0.25) is 0 Å². The van der Waals surface area contributed by atoms with E-state index in [4.69, 9.17) is 14.2 Å². The van der Waals surface area contributed by atoms with E-state index in [1.54, 1.807) is 57.0 Å². The van der Waals surface area contributed by atoms with Crippen LogP contribution < -0.4 is 19.7 Å². The highest BCUT2D eigenvalue weighted by Crippen LogP contribution is 2.38. The summed E-state index contributed by atoms with van der Waals surface area (Å²) in [6, 6.07) is 11.6. The SMILES string of the molecule is Cc1c(-c2ccc3c(c2)OCCO3)cnc(N2CCCC(F)(F)CC2)c1C(=O)Nc1cccc([S@@](C)(=O)=NC(=O)CN(C)C(=O)OC(C)(C)C)c1. The second-order valence-corrected chi connectivity index (χ2v) is 15.9. The van der Waals surface area contributed by atoms with Crippen LogP contribution in [0, 0.1) is 6.92 Å². The Labute approximate surface area is 296 Å². The van der Waals surface area contributed by atoms with Crippen LogP contribution in [0.25, 0.3) is 11.1 Å². The van der Waals surface area contributed by atoms with Gasteiger partial charge >= 0.3 is 6.09 Å². The Kier molecular flexibility index (Phi) is 10.9. The van der Waals surface area contributed by atoms with Gasteiger partial charge in [-0.05, 0) is 75.6 Å². The van der Waals surface area contributed by atoms with Crippen LogP contribution in [0.3, 0.4) is 0 Å². The monoisotopic (exact) mass is 727 g/mol. The molecule has 0 bridgehead atoms. The number of carbonyl (C=O) groups excluding carboxylic acids is 3. The van der Waals surface area contributed by atoms with E-state index in [-0.39, 0.29) is 54.3 Å². The fourth-order valence-corrected chi connectivity index (χ4v) is 6.99. The average molecular weight is 728 g/mol. The Morgan fingerprint density at radius 1 is 1.08 bits per heavy atom. The molecule has 1 saturated heterocycles. The van der Waals surface area contributed by atoms with E-state index >= 15 is 0 Å². The summed E-state index contributed by atoms with van der Waals surface area (Å²) in [6.45, 7) is 7.54. The topological polar surface area (TPSA) is 140 Å². The third kappa shape index (κ3) is 9.31. The number of aromatic nitrogens is 1. The van der Waals surface area contributed by atoms with E-state index in [9.17, 15) is 27.4 Å². The van der Waals surface area contributed by atoms with Crippen molar-refractivity contribution >= 4 is 39.1 Å². The lowest BCUT2D eigenvalue weighted by molar-refractivity contribution is -0.118. The molecule has 1 N–H and O–H groups in total. The van der Waals surface area contributed by atoms with Gasteiger partial charge < -0.3 is 29.3 Å². The number of hydrogen-bond acceptors (Lipinski definition) is 9. The minimum atomic E-state index is -3.31. The van der Waals surface area contributed by atoms with Gasteiger partial charge in [0.05, 0.1) is 15.3 Å². The highest BCUT2D eigenvalue weighted by molar-refractivity contribution is 7.93. The summed E-state index contributed by atoms with van der Waals surface area (Å²) in [4.78, 5) is 46.8. The molecule has 1 aromatic heterocycles. The summed E-state index contributed by atoms with van der Waals surface area (Å²) in [5.41, 5.74) is 1.62. The van der Waals surface area contributed by atoms with E-state index in [1.807, 2.05) is 12.1 Å². The Morgan fingerprint density at radius 2 is 1.80 bits per heavy atom. The number of nitrogens with zero attached hydrogens (tertiary/aromatic N) is 4. The molecule has 2 aliphatic heterocycles. The molecule has 1 atom stereocenters. The molecule has 0 saturated carbocycles. The minimum absolute atomic E-state index is 0.00905. The number of anilines is 2. The number of hydrogen-bond donors (Lipinski definition) is 1. The molecular weight excluding hydrogens is 684 g/mol. The molecule has 274 valence electrons. The van der Waals surface area contributed by atoms with Gasteiger partial charge in [-0.15, -0.1) is 0 Å². The molecule has 5 rings (SSSR count). The lowest BCUT2D eigenvalue weighted by atomic mass is 9.97. The number of carbonyl (C=O) groups is 3. The number of likely N-dealkylation sites (N-methyl/N-ethyl adjacent to an activating group) is 1. The number of benzene rings is 2. The molecule has 0 aliphatic carbocycles. The predicted octanol–water partition coefficient (Wildman–Crippen LogP) is 6.56. The maximum atomic E-state index is 14.3. The Hall–Kier alpha value is -4.79. The van der Waals surface area contributed by atoms with Crippen molar-refractivity contribution in [1.29, 1.82) is 0 Å². The third-order valence-corrected chi connectivity index (χ3v) is 9.98. The van der Waals surface area contributed by atoms with Crippen LogP contribution in [0.4, 0.5) is 25.1 Å². The first-order valence-corrected chi connectivity index (χ1v) is 18.5. The molecule has 15 heteroatoms. The van der Waals surface area contributed by atoms with Crippen molar-refractivity contribution in [2.24, 2.45) is 4.36 Å². The Balaban J connectivity index is 1.45. The molecular formula is C36H43F2N5O7S. The number of halogens is 2. The fraction of sp³-hybridized carbons (Fsp3) is 0.444. The molecule has 2 aliphatic rings. The largest absolute Gasteiger partial charge is 0.486 e. The van der Waals surface area contributed by atoms with Gasteiger partial charge in [-0.1, -0.05) is 12.1 Å². The van der Waals surface area contributed by atoms with Gasteiger partial charge in [-0.2, -0.15) is 4.36 Å². The van der Waals surface area contributed by atoms with Crippen LogP contribution in [-0.2, 0) is 19.3 Å². The summed E-state index contributed by atoms with van der Waals surface area (Å²) in [7, 11) is -1.93. The van der Waals surface area contributed by atoms with Gasteiger partial charge in [0.15, 0.2) is 11.5 Å². The number of nitrogens with one attached hydrogen (secondary N) is 1. The Morgan fingerprint density at radius 3 is 2.53 bits per heavy atom. The van der Waals surface area contributed by atoms with Gasteiger partial charge in [0.2, 0.25) is 5.92 Å². The van der Waals surface area contributed by atoms with Crippen molar-refractivity contribution in [3.63, 3.8) is 0 Å². The zero-order chi connectivity index (χ0) is 37.1. The van der Waals surface area contributed by atoms with Crippen LogP contribution in [0.15, 0.2) is 57.9 Å². The number of fused-ring (bicyclic) bond motifs is 1. The summed E-state index contributed by atoms with van der Waals surface area (Å²) >= 11 is 0. The van der Waals surface area contributed by atoms with Crippen LogP contribution in [0.1, 0.15) is 56.0 Å². The zero-order valence-corrected chi connectivity index (χ0v) is 30.4. The standard InChI is InChI=1S/C36H43F2N5O7S/c1-23-27(24-11-12-28-29(19-24)49-18-17-48-28)21-39-32(43-15-8-13-36(37,38)14-16-43)31(23)33(45)40-25-9-7-10-26(20-25)51(6,47)41-30(44)22-42(5)34(46)50-35(2,3)4/h7,9-12,19-21H,8,13-18,22H2,1-6H3,(H,40,45)/t51-/m1/s1. The van der Waals surface area contributed by atoms with Gasteiger partial charge in [-0.3, -0.25) is 9.59 Å². The van der Waals surface area contributed by atoms with Gasteiger partial charge in [0.25, 0.3) is 11.8 Å². The molecule has 3 aromatic rings. The molecule has 3 amide bonds. The summed E-state index contributed by atoms with van der Waals surface area (Å²) in [5, 5.41) is 2.85. The van der Waals surface area contributed by atoms with Gasteiger partial charge in [-0.25, -0.2) is 22.8 Å². The van der Waals surface area contributed by atoms with Crippen LogP contribution in [-0.4, -0.2) is 89.7 Å². The van der Waals surface area contributed by atoms with Gasteiger partial charge in [0.1, 0.15) is 31.2 Å². The number of pyridine rings is 1. The molecule has 0 radical (unpaired) electrons. The van der Waals surface area contributed by atoms with Crippen molar-refractivity contribution in [1.82, 2.24) is 9.88 Å². The van der Waals surface area contributed by atoms with E-state index < -0.39 is 45.7 Å². The average Bonchev–Trinajstić information content (AvgIpc) is 3.23. The van der Waals surface area contributed by atoms with Crippen molar-refractivity contribution < 1.29 is 41.6 Å². The van der Waals surface area contributed by atoms with Crippen molar-refractivity contribution in [3.05, 3.63) is 59.8 Å². The smallest absolute Gasteiger partial charge is 0.410 e. The van der Waals surface area contributed by atoms with E-state index in [2.05, 4.69) is 14.7 Å². The first kappa shape index (κ1) is 37.5. The number of ether oxygens (including phenoxy) is 3. The molecule has 2 aromatic carbocycles. The van der Waals surface area contributed by atoms with Crippen molar-refractivity contribution in [2.45, 2.75) is 63.4 Å². The molecule has 0 spiro atoms. The second-order valence-electron chi connectivity index (χ2n) is 13.7. The maximum Gasteiger partial charge on any atom is 0.410 e. The summed E-state index contributed by atoms with van der Waals surface area (Å²) < 4.78 is 62.9. The van der Waals surface area contributed by atoms with Crippen molar-refractivity contribution in [3.8, 4) is 22.6 Å². The van der Waals surface area contributed by atoms with Crippen molar-refractivity contribution in [2.75, 3.05) is 56.4 Å². The highest BCUT2D eigenvalue weighted by atomic mass is 32.2. The van der Waals surface area contributed by atoms with E-state index in [0.717, 1.165) is 10.5 Å². The number of rotatable bonds is 7. The molecule has 3 heterocycles. The lowest BCUT2D eigenvalue weighted by Crippen LogP contribution is -2.37. The Bertz CT molecular complexity index is 1960. The summed E-state index contributed by atoms with van der Waals surface area (Å²) in [5.74, 6) is -2.74. The molecule has 1 fully saturated rings. The zero-order valence-electron chi connectivity index (χ0n) is 29.6. The quantitative estimate of drug-likeness (QED) is 0.287. The number of alkyl halides is 2. The third-order valence-electron chi connectivity index (χ3n) is 8.30. The van der Waals surface area contributed by atoms with E-state index in [1.165, 1.54) is 25.4 Å². The lowest BCUT2D eigenvalue weighted by Gasteiger charge is -2.26. The highest BCUT2D eigenvalue weighted by Gasteiger charge is 2.34. The van der Waals surface area contributed by atoms with Crippen LogP contribution >= 0.6 is 0 Å². The predicted molar refractivity (Wildman–Crippen MR) is 189 cm³/mol. The fourth-order valence-electron chi connectivity index (χ4n) is 5.76. The minimum Gasteiger partial charge on any atom is -0.486 e. The molecule has 0 unspecified atom stereocenters. The molecule has 12 nitrogen and oxygen atoms in total. The van der Waals surface area contributed by atoms with E-state index in [0.29, 0.717) is 35.8 Å². The first-order chi connectivity index (χ1) is 23.9. The maximum absolute atomic E-state index is 14.3. The molecule has 51 heavy (non-hydrogen) atoms. The van der Waals surface area contributed by atoms with Gasteiger partial charge in [0, 0.05) is 61.6 Å². The summed E-state index contributed by atoms with van der Waals surface area (Å²) in [6.07, 6.45) is 1.78. The normalized spacial score (nSPS) is 16.7. The number of amides is 3. The second kappa shape index (κ2) is 14.8. The first-order valence-electron chi connectivity index (χ1n) is 16.6.